The van der Waals surface area contributed by atoms with Crippen LogP contribution in [0, 0.1) is 0 Å². The molecule has 0 bridgehead atoms. The van der Waals surface area contributed by atoms with E-state index in [0.717, 1.165) is 25.6 Å². The molecular weight excluding hydrogens is 334 g/mol. The van der Waals surface area contributed by atoms with Crippen molar-refractivity contribution in [2.45, 2.75) is 45.2 Å². The zero-order valence-electron chi connectivity index (χ0n) is 15.5. The van der Waals surface area contributed by atoms with Gasteiger partial charge < -0.3 is 16.0 Å². The van der Waals surface area contributed by atoms with Gasteiger partial charge in [0.1, 0.15) is 0 Å². The van der Waals surface area contributed by atoms with Gasteiger partial charge in [-0.15, -0.1) is 11.3 Å². The maximum absolute atomic E-state index is 11.7. The lowest BCUT2D eigenvalue weighted by Crippen LogP contribution is -2.43. The summed E-state index contributed by atoms with van der Waals surface area (Å²) in [5.74, 6) is 0.810. The second kappa shape index (κ2) is 10.4. The van der Waals surface area contributed by atoms with E-state index in [1.54, 1.807) is 7.05 Å². The number of aliphatic imine (C=N–C) groups is 1. The summed E-state index contributed by atoms with van der Waals surface area (Å²) in [4.78, 5) is 19.9. The monoisotopic (exact) mass is 365 g/mol. The van der Waals surface area contributed by atoms with Crippen molar-refractivity contribution in [1.29, 1.82) is 0 Å². The highest BCUT2D eigenvalue weighted by atomic mass is 32.1. The molecule has 1 aromatic rings. The van der Waals surface area contributed by atoms with Crippen molar-refractivity contribution >= 4 is 23.2 Å². The first-order valence-corrected chi connectivity index (χ1v) is 9.99. The molecule has 1 fully saturated rings. The quantitative estimate of drug-likeness (QED) is 0.487. The molecule has 0 saturated carbocycles. The lowest BCUT2D eigenvalue weighted by atomic mass is 10.2. The van der Waals surface area contributed by atoms with E-state index in [0.29, 0.717) is 19.0 Å². The molecule has 25 heavy (non-hydrogen) atoms. The van der Waals surface area contributed by atoms with Gasteiger partial charge in [0.2, 0.25) is 5.91 Å². The van der Waals surface area contributed by atoms with E-state index in [2.05, 4.69) is 43.4 Å². The molecule has 1 aliphatic heterocycles. The number of carbonyl (C=O) groups excluding carboxylic acids is 1. The van der Waals surface area contributed by atoms with Gasteiger partial charge in [0, 0.05) is 37.5 Å². The van der Waals surface area contributed by atoms with Gasteiger partial charge in [0.15, 0.2) is 5.96 Å². The van der Waals surface area contributed by atoms with Crippen LogP contribution in [0.2, 0.25) is 0 Å². The van der Waals surface area contributed by atoms with Crippen molar-refractivity contribution in [2.24, 2.45) is 4.99 Å². The van der Waals surface area contributed by atoms with Crippen LogP contribution in [0.15, 0.2) is 22.5 Å². The van der Waals surface area contributed by atoms with E-state index >= 15 is 0 Å². The number of likely N-dealkylation sites (tertiary alicyclic amines) is 1. The second-order valence-electron chi connectivity index (χ2n) is 6.63. The zero-order valence-corrected chi connectivity index (χ0v) is 16.4. The molecule has 3 N–H and O–H groups in total. The SMILES string of the molecule is CN=C(NCCC(=O)NC(C)C)NCC(c1cccs1)N1CCCC1. The van der Waals surface area contributed by atoms with Crippen LogP contribution in [0.3, 0.4) is 0 Å². The predicted octanol–water partition coefficient (Wildman–Crippen LogP) is 1.96. The summed E-state index contributed by atoms with van der Waals surface area (Å²) < 4.78 is 0. The van der Waals surface area contributed by atoms with Gasteiger partial charge in [-0.25, -0.2) is 0 Å². The molecule has 7 heteroatoms. The van der Waals surface area contributed by atoms with E-state index in [4.69, 9.17) is 0 Å². The Morgan fingerprint density at radius 3 is 2.68 bits per heavy atom. The average molecular weight is 366 g/mol. The Morgan fingerprint density at radius 2 is 2.08 bits per heavy atom. The number of hydrogen-bond acceptors (Lipinski definition) is 4. The highest BCUT2D eigenvalue weighted by molar-refractivity contribution is 7.10. The Morgan fingerprint density at radius 1 is 1.32 bits per heavy atom. The first-order valence-electron chi connectivity index (χ1n) is 9.11. The summed E-state index contributed by atoms with van der Waals surface area (Å²) in [5, 5.41) is 11.7. The van der Waals surface area contributed by atoms with Crippen LogP contribution in [0.25, 0.3) is 0 Å². The standard InChI is InChI=1S/C18H31N5OS/c1-14(2)22-17(24)8-9-20-18(19-3)21-13-15(16-7-6-12-25-16)23-10-4-5-11-23/h6-7,12,14-15H,4-5,8-11,13H2,1-3H3,(H,22,24)(H2,19,20,21). The second-order valence-corrected chi connectivity index (χ2v) is 7.61. The molecule has 2 heterocycles. The van der Waals surface area contributed by atoms with E-state index in [1.165, 1.54) is 17.7 Å². The highest BCUT2D eigenvalue weighted by Gasteiger charge is 2.24. The Labute approximate surface area is 155 Å². The van der Waals surface area contributed by atoms with Crippen molar-refractivity contribution < 1.29 is 4.79 Å². The summed E-state index contributed by atoms with van der Waals surface area (Å²) >= 11 is 1.81. The number of guanidine groups is 1. The molecule has 140 valence electrons. The van der Waals surface area contributed by atoms with E-state index < -0.39 is 0 Å². The van der Waals surface area contributed by atoms with Crippen molar-refractivity contribution in [3.63, 3.8) is 0 Å². The summed E-state index contributed by atoms with van der Waals surface area (Å²) in [7, 11) is 1.76. The minimum Gasteiger partial charge on any atom is -0.356 e. The molecule has 1 saturated heterocycles. The molecular formula is C18H31N5OS. The lowest BCUT2D eigenvalue weighted by Gasteiger charge is -2.27. The number of thiophene rings is 1. The summed E-state index contributed by atoms with van der Waals surface area (Å²) in [6.45, 7) is 7.64. The van der Waals surface area contributed by atoms with Crippen LogP contribution < -0.4 is 16.0 Å². The van der Waals surface area contributed by atoms with Crippen LogP contribution >= 0.6 is 11.3 Å². The molecule has 0 spiro atoms. The molecule has 1 aromatic heterocycles. The number of carbonyl (C=O) groups is 1. The van der Waals surface area contributed by atoms with Crippen LogP contribution in [0.4, 0.5) is 0 Å². The fourth-order valence-corrected chi connectivity index (χ4v) is 3.91. The summed E-state index contributed by atoms with van der Waals surface area (Å²) in [6, 6.07) is 4.88. The van der Waals surface area contributed by atoms with E-state index in [1.807, 2.05) is 25.2 Å². The smallest absolute Gasteiger partial charge is 0.221 e. The van der Waals surface area contributed by atoms with Gasteiger partial charge in [-0.2, -0.15) is 0 Å². The number of hydrogen-bond donors (Lipinski definition) is 3. The van der Waals surface area contributed by atoms with E-state index in [9.17, 15) is 4.79 Å². The van der Waals surface area contributed by atoms with Gasteiger partial charge in [-0.1, -0.05) is 6.07 Å². The van der Waals surface area contributed by atoms with E-state index in [-0.39, 0.29) is 11.9 Å². The molecule has 0 aromatic carbocycles. The summed E-state index contributed by atoms with van der Waals surface area (Å²) in [5.41, 5.74) is 0. The number of nitrogens with one attached hydrogen (secondary N) is 3. The van der Waals surface area contributed by atoms with Crippen molar-refractivity contribution in [3.8, 4) is 0 Å². The largest absolute Gasteiger partial charge is 0.356 e. The van der Waals surface area contributed by atoms with Gasteiger partial charge in [-0.3, -0.25) is 14.7 Å². The van der Waals surface area contributed by atoms with Gasteiger partial charge in [0.25, 0.3) is 0 Å². The Kier molecular flexibility index (Phi) is 8.21. The Balaban J connectivity index is 1.80. The van der Waals surface area contributed by atoms with Crippen LogP contribution in [-0.2, 0) is 4.79 Å². The van der Waals surface area contributed by atoms with Gasteiger partial charge >= 0.3 is 0 Å². The van der Waals surface area contributed by atoms with Crippen LogP contribution in [0.5, 0.6) is 0 Å². The first kappa shape index (κ1) is 19.7. The fourth-order valence-electron chi connectivity index (χ4n) is 3.05. The highest BCUT2D eigenvalue weighted by Crippen LogP contribution is 2.27. The van der Waals surface area contributed by atoms with Gasteiger partial charge in [0.05, 0.1) is 6.04 Å². The molecule has 1 atom stereocenters. The Bertz CT molecular complexity index is 538. The molecule has 6 nitrogen and oxygen atoms in total. The van der Waals surface area contributed by atoms with Crippen molar-refractivity contribution in [2.75, 3.05) is 33.2 Å². The normalized spacial score (nSPS) is 16.9. The maximum atomic E-state index is 11.7. The van der Waals surface area contributed by atoms with Crippen LogP contribution in [-0.4, -0.2) is 56.0 Å². The third kappa shape index (κ3) is 6.66. The average Bonchev–Trinajstić information content (AvgIpc) is 3.27. The fraction of sp³-hybridized carbons (Fsp3) is 0.667. The van der Waals surface area contributed by atoms with Crippen LogP contribution in [0.1, 0.15) is 44.0 Å². The lowest BCUT2D eigenvalue weighted by molar-refractivity contribution is -0.121. The minimum absolute atomic E-state index is 0.0616. The third-order valence-corrected chi connectivity index (χ3v) is 5.21. The molecule has 1 unspecified atom stereocenters. The van der Waals surface area contributed by atoms with Gasteiger partial charge in [-0.05, 0) is 51.2 Å². The number of nitrogens with zero attached hydrogens (tertiary/aromatic N) is 2. The van der Waals surface area contributed by atoms with Crippen molar-refractivity contribution in [1.82, 2.24) is 20.9 Å². The summed E-state index contributed by atoms with van der Waals surface area (Å²) in [6.07, 6.45) is 3.00. The number of rotatable bonds is 8. The molecule has 1 amide bonds. The zero-order chi connectivity index (χ0) is 18.1. The first-order chi connectivity index (χ1) is 12.1. The molecule has 1 aliphatic rings. The maximum Gasteiger partial charge on any atom is 0.221 e. The third-order valence-electron chi connectivity index (χ3n) is 4.23. The Hall–Kier alpha value is -1.60. The van der Waals surface area contributed by atoms with Crippen molar-refractivity contribution in [3.05, 3.63) is 22.4 Å². The molecule has 0 radical (unpaired) electrons. The topological polar surface area (TPSA) is 68.8 Å². The number of amides is 1. The molecule has 0 aliphatic carbocycles. The minimum atomic E-state index is 0.0616. The predicted molar refractivity (Wildman–Crippen MR) is 105 cm³/mol. The molecule has 2 rings (SSSR count).